The lowest BCUT2D eigenvalue weighted by Gasteiger charge is -2.31. The van der Waals surface area contributed by atoms with Crippen LogP contribution in [0, 0.1) is 5.92 Å². The molecule has 0 bridgehead atoms. The number of thiophene rings is 1. The van der Waals surface area contributed by atoms with Crippen LogP contribution in [0.1, 0.15) is 39.8 Å². The van der Waals surface area contributed by atoms with Gasteiger partial charge in [0.2, 0.25) is 0 Å². The van der Waals surface area contributed by atoms with Gasteiger partial charge < -0.3 is 10.2 Å². The molecule has 1 fully saturated rings. The summed E-state index contributed by atoms with van der Waals surface area (Å²) >= 11 is 1.40. The van der Waals surface area contributed by atoms with Crippen molar-refractivity contribution < 1.29 is 9.59 Å². The van der Waals surface area contributed by atoms with Gasteiger partial charge >= 0.3 is 0 Å². The molecule has 0 aliphatic carbocycles. The number of hydrogen-bond acceptors (Lipinski definition) is 3. The van der Waals surface area contributed by atoms with Gasteiger partial charge in [-0.15, -0.1) is 11.3 Å². The Kier molecular flexibility index (Phi) is 4.76. The Hall–Kier alpha value is -2.14. The van der Waals surface area contributed by atoms with Gasteiger partial charge in [0.25, 0.3) is 11.8 Å². The SMILES string of the molecule is C[C@@H]1CCCN(C(=O)c2cccc(NC(=O)c3cccs3)c2)C1. The molecular formula is C18H20N2O2S. The van der Waals surface area contributed by atoms with Gasteiger partial charge in [-0.05, 0) is 48.4 Å². The van der Waals surface area contributed by atoms with Gasteiger partial charge in [-0.3, -0.25) is 9.59 Å². The van der Waals surface area contributed by atoms with Crippen molar-refractivity contribution in [3.63, 3.8) is 0 Å². The quantitative estimate of drug-likeness (QED) is 0.930. The Morgan fingerprint density at radius 3 is 2.87 bits per heavy atom. The van der Waals surface area contributed by atoms with Crippen LogP contribution in [0.25, 0.3) is 0 Å². The number of nitrogens with one attached hydrogen (secondary N) is 1. The molecule has 2 heterocycles. The molecule has 0 spiro atoms. The predicted molar refractivity (Wildman–Crippen MR) is 93.0 cm³/mol. The van der Waals surface area contributed by atoms with E-state index < -0.39 is 0 Å². The van der Waals surface area contributed by atoms with Crippen LogP contribution in [0.15, 0.2) is 41.8 Å². The molecule has 1 aliphatic heterocycles. The van der Waals surface area contributed by atoms with E-state index in [1.165, 1.54) is 17.8 Å². The Labute approximate surface area is 140 Å². The summed E-state index contributed by atoms with van der Waals surface area (Å²) in [4.78, 5) is 27.3. The molecule has 5 heteroatoms. The van der Waals surface area contributed by atoms with E-state index in [-0.39, 0.29) is 11.8 Å². The molecule has 23 heavy (non-hydrogen) atoms. The first kappa shape index (κ1) is 15.7. The normalized spacial score (nSPS) is 17.8. The maximum atomic E-state index is 12.6. The van der Waals surface area contributed by atoms with Crippen molar-refractivity contribution in [2.45, 2.75) is 19.8 Å². The molecule has 1 N–H and O–H groups in total. The van der Waals surface area contributed by atoms with Gasteiger partial charge in [0, 0.05) is 24.3 Å². The third kappa shape index (κ3) is 3.79. The number of nitrogens with zero attached hydrogens (tertiary/aromatic N) is 1. The summed E-state index contributed by atoms with van der Waals surface area (Å²) in [6.07, 6.45) is 2.24. The van der Waals surface area contributed by atoms with E-state index in [4.69, 9.17) is 0 Å². The van der Waals surface area contributed by atoms with E-state index in [9.17, 15) is 9.59 Å². The van der Waals surface area contributed by atoms with Gasteiger partial charge in [0.15, 0.2) is 0 Å². The van der Waals surface area contributed by atoms with Crippen molar-refractivity contribution in [2.75, 3.05) is 18.4 Å². The molecular weight excluding hydrogens is 308 g/mol. The summed E-state index contributed by atoms with van der Waals surface area (Å²) in [6, 6.07) is 10.8. The third-order valence-corrected chi connectivity index (χ3v) is 4.93. The molecule has 2 amide bonds. The summed E-state index contributed by atoms with van der Waals surface area (Å²) in [5.41, 5.74) is 1.28. The molecule has 0 radical (unpaired) electrons. The van der Waals surface area contributed by atoms with Crippen molar-refractivity contribution in [3.05, 3.63) is 52.2 Å². The van der Waals surface area contributed by atoms with Crippen LogP contribution in [-0.2, 0) is 0 Å². The summed E-state index contributed by atoms with van der Waals surface area (Å²) in [5.74, 6) is 0.453. The lowest BCUT2D eigenvalue weighted by Crippen LogP contribution is -2.39. The van der Waals surface area contributed by atoms with Gasteiger partial charge in [0.1, 0.15) is 0 Å². The summed E-state index contributed by atoms with van der Waals surface area (Å²) in [7, 11) is 0. The zero-order valence-corrected chi connectivity index (χ0v) is 13.9. The number of amides is 2. The number of hydrogen-bond donors (Lipinski definition) is 1. The minimum atomic E-state index is -0.142. The average Bonchev–Trinajstić information content (AvgIpc) is 3.09. The fraction of sp³-hybridized carbons (Fsp3) is 0.333. The van der Waals surface area contributed by atoms with E-state index in [2.05, 4.69) is 12.2 Å². The highest BCUT2D eigenvalue weighted by Crippen LogP contribution is 2.20. The molecule has 2 aromatic rings. The van der Waals surface area contributed by atoms with E-state index in [0.717, 1.165) is 19.5 Å². The van der Waals surface area contributed by atoms with Crippen molar-refractivity contribution in [1.82, 2.24) is 4.90 Å². The second-order valence-corrected chi connectivity index (χ2v) is 6.96. The van der Waals surface area contributed by atoms with Crippen LogP contribution in [0.3, 0.4) is 0 Å². The molecule has 120 valence electrons. The fourth-order valence-corrected chi connectivity index (χ4v) is 3.51. The van der Waals surface area contributed by atoms with Gasteiger partial charge in [0.05, 0.1) is 4.88 Å². The zero-order valence-electron chi connectivity index (χ0n) is 13.1. The number of likely N-dealkylation sites (tertiary alicyclic amines) is 1. The molecule has 1 aromatic heterocycles. The molecule has 1 atom stereocenters. The molecule has 1 aliphatic rings. The van der Waals surface area contributed by atoms with Gasteiger partial charge in [-0.2, -0.15) is 0 Å². The monoisotopic (exact) mass is 328 g/mol. The number of rotatable bonds is 3. The van der Waals surface area contributed by atoms with Crippen molar-refractivity contribution in [1.29, 1.82) is 0 Å². The van der Waals surface area contributed by atoms with Crippen LogP contribution in [0.4, 0.5) is 5.69 Å². The minimum absolute atomic E-state index is 0.0452. The summed E-state index contributed by atoms with van der Waals surface area (Å²) in [5, 5.41) is 4.72. The smallest absolute Gasteiger partial charge is 0.265 e. The first-order chi connectivity index (χ1) is 11.1. The maximum Gasteiger partial charge on any atom is 0.265 e. The highest BCUT2D eigenvalue weighted by Gasteiger charge is 2.22. The van der Waals surface area contributed by atoms with Crippen LogP contribution < -0.4 is 5.32 Å². The van der Waals surface area contributed by atoms with E-state index in [1.54, 1.807) is 18.2 Å². The topological polar surface area (TPSA) is 49.4 Å². The number of carbonyl (C=O) groups excluding carboxylic acids is 2. The number of benzene rings is 1. The second kappa shape index (κ2) is 6.96. The Morgan fingerprint density at radius 1 is 1.26 bits per heavy atom. The summed E-state index contributed by atoms with van der Waals surface area (Å²) in [6.45, 7) is 3.80. The predicted octanol–water partition coefficient (Wildman–Crippen LogP) is 3.87. The number of carbonyl (C=O) groups is 2. The van der Waals surface area contributed by atoms with Crippen LogP contribution in [0.5, 0.6) is 0 Å². The molecule has 0 saturated carbocycles. The molecule has 0 unspecified atom stereocenters. The fourth-order valence-electron chi connectivity index (χ4n) is 2.89. The van der Waals surface area contributed by atoms with Crippen molar-refractivity contribution in [3.8, 4) is 0 Å². The van der Waals surface area contributed by atoms with Gasteiger partial charge in [-0.25, -0.2) is 0 Å². The van der Waals surface area contributed by atoms with E-state index in [1.807, 2.05) is 28.5 Å². The largest absolute Gasteiger partial charge is 0.338 e. The minimum Gasteiger partial charge on any atom is -0.338 e. The number of piperidine rings is 1. The van der Waals surface area contributed by atoms with Gasteiger partial charge in [-0.1, -0.05) is 19.1 Å². The lowest BCUT2D eigenvalue weighted by atomic mass is 9.99. The Morgan fingerprint density at radius 2 is 2.13 bits per heavy atom. The van der Waals surface area contributed by atoms with Crippen molar-refractivity contribution in [2.24, 2.45) is 5.92 Å². The van der Waals surface area contributed by atoms with E-state index >= 15 is 0 Å². The van der Waals surface area contributed by atoms with Crippen LogP contribution in [0.2, 0.25) is 0 Å². The average molecular weight is 328 g/mol. The van der Waals surface area contributed by atoms with Crippen LogP contribution >= 0.6 is 11.3 Å². The standard InChI is InChI=1S/C18H20N2O2S/c1-13-5-3-9-20(12-13)18(22)14-6-2-7-15(11-14)19-17(21)16-8-4-10-23-16/h2,4,6-8,10-11,13H,3,5,9,12H2,1H3,(H,19,21)/t13-/m1/s1. The number of anilines is 1. The Bertz CT molecular complexity index is 697. The lowest BCUT2D eigenvalue weighted by molar-refractivity contribution is 0.0683. The highest BCUT2D eigenvalue weighted by atomic mass is 32.1. The first-order valence-electron chi connectivity index (χ1n) is 7.87. The molecule has 1 aromatic carbocycles. The maximum absolute atomic E-state index is 12.6. The summed E-state index contributed by atoms with van der Waals surface area (Å²) < 4.78 is 0. The van der Waals surface area contributed by atoms with Crippen molar-refractivity contribution >= 4 is 28.8 Å². The third-order valence-electron chi connectivity index (χ3n) is 4.06. The van der Waals surface area contributed by atoms with Crippen LogP contribution in [-0.4, -0.2) is 29.8 Å². The Balaban J connectivity index is 1.72. The molecule has 4 nitrogen and oxygen atoms in total. The van der Waals surface area contributed by atoms with E-state index in [0.29, 0.717) is 22.0 Å². The zero-order chi connectivity index (χ0) is 16.2. The molecule has 1 saturated heterocycles. The second-order valence-electron chi connectivity index (χ2n) is 6.01. The molecule has 3 rings (SSSR count). The highest BCUT2D eigenvalue weighted by molar-refractivity contribution is 7.12. The first-order valence-corrected chi connectivity index (χ1v) is 8.75.